The number of rotatable bonds is 8. The Hall–Kier alpha value is -4.38. The van der Waals surface area contributed by atoms with Gasteiger partial charge in [0.2, 0.25) is 0 Å². The van der Waals surface area contributed by atoms with E-state index in [4.69, 9.17) is 9.72 Å². The van der Waals surface area contributed by atoms with E-state index in [9.17, 15) is 19.7 Å². The van der Waals surface area contributed by atoms with Crippen LogP contribution in [0.4, 0.5) is 11.4 Å². The topological polar surface area (TPSA) is 129 Å². The summed E-state index contributed by atoms with van der Waals surface area (Å²) < 4.78 is 7.75. The molecule has 0 unspecified atom stereocenters. The smallest absolute Gasteiger partial charge is 0.282 e. The van der Waals surface area contributed by atoms with Crippen molar-refractivity contribution >= 4 is 50.3 Å². The second-order valence-corrected chi connectivity index (χ2v) is 10.4. The van der Waals surface area contributed by atoms with Crippen LogP contribution in [-0.2, 0) is 4.79 Å². The van der Waals surface area contributed by atoms with Crippen molar-refractivity contribution in [3.63, 3.8) is 0 Å². The van der Waals surface area contributed by atoms with Crippen LogP contribution in [0.15, 0.2) is 81.1 Å². The van der Waals surface area contributed by atoms with Gasteiger partial charge >= 0.3 is 0 Å². The molecule has 0 aliphatic heterocycles. The number of carbonyl (C=O) groups is 1. The molecule has 5 rings (SSSR count). The summed E-state index contributed by atoms with van der Waals surface area (Å²) in [5.74, 6) is 0.439. The second kappa shape index (κ2) is 12.2. The molecule has 1 aromatic heterocycles. The van der Waals surface area contributed by atoms with Gasteiger partial charge in [0.25, 0.3) is 17.2 Å². The second-order valence-electron chi connectivity index (χ2n) is 9.51. The van der Waals surface area contributed by atoms with Crippen LogP contribution in [-0.4, -0.2) is 33.3 Å². The molecule has 3 aromatic carbocycles. The lowest BCUT2D eigenvalue weighted by Crippen LogP contribution is -2.25. The van der Waals surface area contributed by atoms with E-state index in [1.54, 1.807) is 36.4 Å². The lowest BCUT2D eigenvalue weighted by atomic mass is 9.88. The predicted molar refractivity (Wildman–Crippen MR) is 156 cm³/mol. The molecule has 0 atom stereocenters. The van der Waals surface area contributed by atoms with Crippen LogP contribution in [0, 0.1) is 10.1 Å². The molecule has 1 saturated carbocycles. The highest BCUT2D eigenvalue weighted by Gasteiger charge is 2.23. The molecule has 0 bridgehead atoms. The molecule has 0 radical (unpaired) electrons. The summed E-state index contributed by atoms with van der Waals surface area (Å²) in [5.41, 5.74) is 0.939. The number of non-ortho nitro benzene ring substituents is 1. The summed E-state index contributed by atoms with van der Waals surface area (Å²) in [6.07, 6.45) is 6.35. The molecular weight excluding hydrogens is 578 g/mol. The fraction of sp³-hybridized carbons (Fsp3) is 0.241. The number of nitro groups is 1. The number of halogens is 1. The van der Waals surface area contributed by atoms with Gasteiger partial charge in [-0.25, -0.2) is 4.98 Å². The van der Waals surface area contributed by atoms with Gasteiger partial charge in [0.15, 0.2) is 6.61 Å². The maximum absolute atomic E-state index is 13.6. The van der Waals surface area contributed by atoms with E-state index >= 15 is 0 Å². The third-order valence-electron chi connectivity index (χ3n) is 6.74. The molecular formula is C29H26BrN5O5. The summed E-state index contributed by atoms with van der Waals surface area (Å²) >= 11 is 3.42. The van der Waals surface area contributed by atoms with Gasteiger partial charge < -0.3 is 10.1 Å². The number of amides is 1. The van der Waals surface area contributed by atoms with Gasteiger partial charge in [-0.2, -0.15) is 9.78 Å². The zero-order valence-electron chi connectivity index (χ0n) is 21.5. The summed E-state index contributed by atoms with van der Waals surface area (Å²) in [7, 11) is 0. The molecule has 204 valence electrons. The van der Waals surface area contributed by atoms with Crippen LogP contribution in [0.1, 0.15) is 49.4 Å². The van der Waals surface area contributed by atoms with Gasteiger partial charge in [-0.15, -0.1) is 0 Å². The van der Waals surface area contributed by atoms with Crippen molar-refractivity contribution in [2.75, 3.05) is 11.9 Å². The fourth-order valence-corrected chi connectivity index (χ4v) is 5.13. The monoisotopic (exact) mass is 603 g/mol. The van der Waals surface area contributed by atoms with Crippen molar-refractivity contribution in [3.8, 4) is 5.75 Å². The number of anilines is 1. The van der Waals surface area contributed by atoms with Gasteiger partial charge in [0.05, 0.1) is 22.0 Å². The van der Waals surface area contributed by atoms with E-state index in [0.717, 1.165) is 36.6 Å². The number of nitrogens with zero attached hydrogens (tertiary/aromatic N) is 4. The average Bonchev–Trinajstić information content (AvgIpc) is 2.97. The number of para-hydroxylation sites is 1. The molecule has 11 heteroatoms. The van der Waals surface area contributed by atoms with Crippen LogP contribution < -0.4 is 15.6 Å². The molecule has 1 fully saturated rings. The minimum atomic E-state index is -0.530. The Balaban J connectivity index is 1.50. The Kier molecular flexibility index (Phi) is 8.30. The molecule has 40 heavy (non-hydrogen) atoms. The summed E-state index contributed by atoms with van der Waals surface area (Å²) in [6, 6.07) is 18.3. The van der Waals surface area contributed by atoms with Crippen molar-refractivity contribution in [1.29, 1.82) is 0 Å². The average molecular weight is 604 g/mol. The van der Waals surface area contributed by atoms with Crippen molar-refractivity contribution in [2.45, 2.75) is 38.0 Å². The highest BCUT2D eigenvalue weighted by molar-refractivity contribution is 9.10. The van der Waals surface area contributed by atoms with Gasteiger partial charge in [-0.05, 0) is 49.2 Å². The number of ether oxygens (including phenoxy) is 1. The Morgan fingerprint density at radius 1 is 1.12 bits per heavy atom. The number of nitrogens with one attached hydrogen (secondary N) is 1. The maximum Gasteiger partial charge on any atom is 0.282 e. The summed E-state index contributed by atoms with van der Waals surface area (Å²) in [6.45, 7) is -0.327. The summed E-state index contributed by atoms with van der Waals surface area (Å²) in [5, 5.41) is 19.1. The first kappa shape index (κ1) is 27.2. The summed E-state index contributed by atoms with van der Waals surface area (Å²) in [4.78, 5) is 41.8. The molecule has 1 N–H and O–H groups in total. The Labute approximate surface area is 238 Å². The highest BCUT2D eigenvalue weighted by Crippen LogP contribution is 2.32. The maximum atomic E-state index is 13.6. The van der Waals surface area contributed by atoms with E-state index in [-0.39, 0.29) is 35.1 Å². The lowest BCUT2D eigenvalue weighted by Gasteiger charge is -2.22. The van der Waals surface area contributed by atoms with Crippen LogP contribution in [0.5, 0.6) is 5.75 Å². The SMILES string of the molecule is O=C(COc1ccc([N+](=O)[O-])cc1C=Nn1c(C2CCCCC2)nc2ccc(Br)cc2c1=O)Nc1ccccc1. The Morgan fingerprint density at radius 2 is 1.90 bits per heavy atom. The zero-order valence-corrected chi connectivity index (χ0v) is 23.0. The predicted octanol–water partition coefficient (Wildman–Crippen LogP) is 6.01. The van der Waals surface area contributed by atoms with Gasteiger partial charge in [-0.1, -0.05) is 53.4 Å². The zero-order chi connectivity index (χ0) is 28.1. The van der Waals surface area contributed by atoms with Crippen molar-refractivity contribution in [2.24, 2.45) is 5.10 Å². The largest absolute Gasteiger partial charge is 0.483 e. The van der Waals surface area contributed by atoms with Crippen LogP contribution in [0.25, 0.3) is 10.9 Å². The van der Waals surface area contributed by atoms with Crippen molar-refractivity contribution < 1.29 is 14.5 Å². The van der Waals surface area contributed by atoms with Gasteiger partial charge in [0.1, 0.15) is 11.6 Å². The van der Waals surface area contributed by atoms with Crippen molar-refractivity contribution in [1.82, 2.24) is 9.66 Å². The molecule has 4 aromatic rings. The standard InChI is InChI=1S/C29H26BrN5O5/c30-21-11-13-25-24(16-21)29(37)34(28(33-25)19-7-3-1-4-8-19)31-17-20-15-23(35(38)39)12-14-26(20)40-18-27(36)32-22-9-5-2-6-10-22/h2,5-6,9-17,19H,1,3-4,7-8,18H2,(H,32,36). The van der Waals surface area contributed by atoms with Crippen LogP contribution >= 0.6 is 15.9 Å². The number of carbonyl (C=O) groups excluding carboxylic acids is 1. The number of hydrogen-bond acceptors (Lipinski definition) is 7. The Morgan fingerprint density at radius 3 is 2.65 bits per heavy atom. The number of benzene rings is 3. The number of fused-ring (bicyclic) bond motifs is 1. The normalized spacial score (nSPS) is 13.9. The third kappa shape index (κ3) is 6.26. The fourth-order valence-electron chi connectivity index (χ4n) is 4.77. The van der Waals surface area contributed by atoms with Crippen LogP contribution in [0.3, 0.4) is 0 Å². The molecule has 1 aliphatic rings. The molecule has 0 saturated heterocycles. The molecule has 1 heterocycles. The van der Waals surface area contributed by atoms with Crippen LogP contribution in [0.2, 0.25) is 0 Å². The first-order valence-corrected chi connectivity index (χ1v) is 13.7. The third-order valence-corrected chi connectivity index (χ3v) is 7.23. The first-order chi connectivity index (χ1) is 19.4. The Bertz CT molecular complexity index is 1650. The van der Waals surface area contributed by atoms with E-state index < -0.39 is 10.8 Å². The molecule has 10 nitrogen and oxygen atoms in total. The quantitative estimate of drug-likeness (QED) is 0.149. The molecule has 0 spiro atoms. The van der Waals surface area contributed by atoms with Gasteiger partial charge in [-0.3, -0.25) is 19.7 Å². The molecule has 1 aliphatic carbocycles. The number of aromatic nitrogens is 2. The highest BCUT2D eigenvalue weighted by atomic mass is 79.9. The van der Waals surface area contributed by atoms with Crippen molar-refractivity contribution in [3.05, 3.63) is 103 Å². The van der Waals surface area contributed by atoms with E-state index in [1.165, 1.54) is 29.1 Å². The van der Waals surface area contributed by atoms with Gasteiger partial charge in [0, 0.05) is 33.8 Å². The minimum Gasteiger partial charge on any atom is -0.483 e. The van der Waals surface area contributed by atoms with E-state index in [1.807, 2.05) is 12.1 Å². The van der Waals surface area contributed by atoms with E-state index in [2.05, 4.69) is 26.3 Å². The lowest BCUT2D eigenvalue weighted by molar-refractivity contribution is -0.384. The number of hydrogen-bond donors (Lipinski definition) is 1. The first-order valence-electron chi connectivity index (χ1n) is 12.9. The minimum absolute atomic E-state index is 0.0640. The van der Waals surface area contributed by atoms with E-state index in [0.29, 0.717) is 22.4 Å². The number of nitro benzene ring substituents is 1. The molecule has 1 amide bonds.